The summed E-state index contributed by atoms with van der Waals surface area (Å²) in [7, 11) is 0. The molecule has 13 heavy (non-hydrogen) atoms. The predicted octanol–water partition coefficient (Wildman–Crippen LogP) is 2.76. The van der Waals surface area contributed by atoms with Crippen LogP contribution in [0, 0.1) is 5.92 Å². The minimum Gasteiger partial charge on any atom is -0.465 e. The maximum absolute atomic E-state index is 11.0. The lowest BCUT2D eigenvalue weighted by molar-refractivity contribution is -0.144. The molecular formula is C10H17ClO2. The van der Waals surface area contributed by atoms with Gasteiger partial charge in [-0.2, -0.15) is 0 Å². The second-order valence-corrected chi connectivity index (χ2v) is 3.55. The Balaban J connectivity index is 3.35. The van der Waals surface area contributed by atoms with Gasteiger partial charge in [0.1, 0.15) is 0 Å². The largest absolute Gasteiger partial charge is 0.465 e. The Morgan fingerprint density at radius 2 is 2.15 bits per heavy atom. The molecule has 0 atom stereocenters. The molecule has 0 amide bonds. The quantitative estimate of drug-likeness (QED) is 0.378. The molecule has 3 heteroatoms. The van der Waals surface area contributed by atoms with Gasteiger partial charge < -0.3 is 4.74 Å². The van der Waals surface area contributed by atoms with Crippen LogP contribution >= 0.6 is 11.6 Å². The van der Waals surface area contributed by atoms with Crippen LogP contribution in [-0.2, 0) is 9.53 Å². The van der Waals surface area contributed by atoms with E-state index in [1.807, 2.05) is 26.0 Å². The van der Waals surface area contributed by atoms with Gasteiger partial charge in [-0.3, -0.25) is 4.79 Å². The molecule has 2 nitrogen and oxygen atoms in total. The Kier molecular flexibility index (Phi) is 7.80. The molecule has 0 aliphatic rings. The van der Waals surface area contributed by atoms with Gasteiger partial charge in [0.25, 0.3) is 0 Å². The first-order chi connectivity index (χ1) is 6.16. The monoisotopic (exact) mass is 204 g/mol. The normalized spacial score (nSPS) is 11.1. The standard InChI is InChI=1S/C10H17ClO2/c1-9(2)8-13-10(12)6-4-3-5-7-11/h3,5,9H,4,6-8H2,1-2H3. The summed E-state index contributed by atoms with van der Waals surface area (Å²) < 4.78 is 4.98. The Hall–Kier alpha value is -0.500. The summed E-state index contributed by atoms with van der Waals surface area (Å²) in [6.45, 7) is 4.54. The van der Waals surface area contributed by atoms with E-state index in [2.05, 4.69) is 0 Å². The summed E-state index contributed by atoms with van der Waals surface area (Å²) in [5, 5.41) is 0. The molecule has 0 bridgehead atoms. The summed E-state index contributed by atoms with van der Waals surface area (Å²) in [5.74, 6) is 0.774. The molecule has 0 heterocycles. The molecular weight excluding hydrogens is 188 g/mol. The highest BCUT2D eigenvalue weighted by Crippen LogP contribution is 1.98. The molecule has 0 unspecified atom stereocenters. The second kappa shape index (κ2) is 8.11. The van der Waals surface area contributed by atoms with Gasteiger partial charge in [0.2, 0.25) is 0 Å². The summed E-state index contributed by atoms with van der Waals surface area (Å²) >= 11 is 5.42. The van der Waals surface area contributed by atoms with Gasteiger partial charge in [0, 0.05) is 12.3 Å². The maximum Gasteiger partial charge on any atom is 0.306 e. The number of rotatable bonds is 6. The Labute approximate surface area is 84.9 Å². The van der Waals surface area contributed by atoms with Crippen molar-refractivity contribution in [3.05, 3.63) is 12.2 Å². The van der Waals surface area contributed by atoms with Gasteiger partial charge in [-0.15, -0.1) is 11.6 Å². The topological polar surface area (TPSA) is 26.3 Å². The first-order valence-electron chi connectivity index (χ1n) is 4.53. The van der Waals surface area contributed by atoms with Crippen LogP contribution in [0.2, 0.25) is 0 Å². The summed E-state index contributed by atoms with van der Waals surface area (Å²) in [6, 6.07) is 0. The molecule has 0 saturated heterocycles. The van der Waals surface area contributed by atoms with Crippen LogP contribution in [0.3, 0.4) is 0 Å². The van der Waals surface area contributed by atoms with Gasteiger partial charge in [0.05, 0.1) is 6.61 Å². The van der Waals surface area contributed by atoms with Crippen molar-refractivity contribution < 1.29 is 9.53 Å². The molecule has 76 valence electrons. The van der Waals surface area contributed by atoms with E-state index >= 15 is 0 Å². The number of hydrogen-bond acceptors (Lipinski definition) is 2. The lowest BCUT2D eigenvalue weighted by Crippen LogP contribution is -2.09. The van der Waals surface area contributed by atoms with Crippen molar-refractivity contribution in [2.45, 2.75) is 26.7 Å². The van der Waals surface area contributed by atoms with E-state index in [9.17, 15) is 4.79 Å². The molecule has 0 N–H and O–H groups in total. The molecule has 0 saturated carbocycles. The minimum atomic E-state index is -0.132. The summed E-state index contributed by atoms with van der Waals surface area (Å²) in [5.41, 5.74) is 0. The van der Waals surface area contributed by atoms with Crippen molar-refractivity contribution in [2.75, 3.05) is 12.5 Å². The Morgan fingerprint density at radius 3 is 2.69 bits per heavy atom. The molecule has 0 radical (unpaired) electrons. The van der Waals surface area contributed by atoms with Crippen molar-refractivity contribution >= 4 is 17.6 Å². The van der Waals surface area contributed by atoms with E-state index in [-0.39, 0.29) is 5.97 Å². The number of alkyl halides is 1. The lowest BCUT2D eigenvalue weighted by atomic mass is 10.2. The van der Waals surface area contributed by atoms with Crippen LogP contribution in [0.25, 0.3) is 0 Å². The molecule has 0 aliphatic heterocycles. The van der Waals surface area contributed by atoms with E-state index < -0.39 is 0 Å². The molecule has 0 aromatic carbocycles. The molecule has 0 aliphatic carbocycles. The third-order valence-electron chi connectivity index (χ3n) is 1.35. The van der Waals surface area contributed by atoms with E-state index in [0.717, 1.165) is 0 Å². The first-order valence-corrected chi connectivity index (χ1v) is 5.07. The van der Waals surface area contributed by atoms with Crippen molar-refractivity contribution in [3.8, 4) is 0 Å². The third-order valence-corrected chi connectivity index (χ3v) is 1.53. The highest BCUT2D eigenvalue weighted by Gasteiger charge is 2.01. The lowest BCUT2D eigenvalue weighted by Gasteiger charge is -2.05. The predicted molar refractivity (Wildman–Crippen MR) is 54.9 cm³/mol. The number of allylic oxidation sites excluding steroid dienone is 2. The number of carbonyl (C=O) groups excluding carboxylic acids is 1. The highest BCUT2D eigenvalue weighted by molar-refractivity contribution is 6.18. The van der Waals surface area contributed by atoms with E-state index in [0.29, 0.717) is 31.2 Å². The fourth-order valence-electron chi connectivity index (χ4n) is 0.714. The van der Waals surface area contributed by atoms with Crippen LogP contribution < -0.4 is 0 Å². The van der Waals surface area contributed by atoms with Crippen molar-refractivity contribution in [1.82, 2.24) is 0 Å². The number of carbonyl (C=O) groups is 1. The zero-order valence-electron chi connectivity index (χ0n) is 8.25. The number of esters is 1. The fraction of sp³-hybridized carbons (Fsp3) is 0.700. The van der Waals surface area contributed by atoms with Crippen molar-refractivity contribution in [3.63, 3.8) is 0 Å². The summed E-state index contributed by atoms with van der Waals surface area (Å²) in [4.78, 5) is 11.0. The van der Waals surface area contributed by atoms with Crippen LogP contribution in [-0.4, -0.2) is 18.5 Å². The fourth-order valence-corrected chi connectivity index (χ4v) is 0.840. The van der Waals surface area contributed by atoms with Crippen molar-refractivity contribution in [2.24, 2.45) is 5.92 Å². The average molecular weight is 205 g/mol. The van der Waals surface area contributed by atoms with Gasteiger partial charge in [-0.25, -0.2) is 0 Å². The van der Waals surface area contributed by atoms with E-state index in [4.69, 9.17) is 16.3 Å². The van der Waals surface area contributed by atoms with E-state index in [1.165, 1.54) is 0 Å². The van der Waals surface area contributed by atoms with Crippen LogP contribution in [0.4, 0.5) is 0 Å². The van der Waals surface area contributed by atoms with Crippen LogP contribution in [0.5, 0.6) is 0 Å². The van der Waals surface area contributed by atoms with E-state index in [1.54, 1.807) is 0 Å². The molecule has 0 fully saturated rings. The number of halogens is 1. The molecule has 0 spiro atoms. The average Bonchev–Trinajstić information content (AvgIpc) is 2.09. The third kappa shape index (κ3) is 9.41. The van der Waals surface area contributed by atoms with Gasteiger partial charge in [-0.1, -0.05) is 26.0 Å². The van der Waals surface area contributed by atoms with Gasteiger partial charge in [0.15, 0.2) is 0 Å². The zero-order chi connectivity index (χ0) is 10.1. The van der Waals surface area contributed by atoms with Gasteiger partial charge in [-0.05, 0) is 12.3 Å². The number of ether oxygens (including phenoxy) is 1. The number of hydrogen-bond donors (Lipinski definition) is 0. The SMILES string of the molecule is CC(C)COC(=O)CCC=CCCl. The molecule has 0 aromatic heterocycles. The van der Waals surface area contributed by atoms with Crippen molar-refractivity contribution in [1.29, 1.82) is 0 Å². The zero-order valence-corrected chi connectivity index (χ0v) is 9.01. The van der Waals surface area contributed by atoms with Gasteiger partial charge >= 0.3 is 5.97 Å². The smallest absolute Gasteiger partial charge is 0.306 e. The highest BCUT2D eigenvalue weighted by atomic mass is 35.5. The molecule has 0 aromatic rings. The first kappa shape index (κ1) is 12.5. The second-order valence-electron chi connectivity index (χ2n) is 3.24. The van der Waals surface area contributed by atoms with Crippen LogP contribution in [0.15, 0.2) is 12.2 Å². The molecule has 0 rings (SSSR count). The maximum atomic E-state index is 11.0. The Morgan fingerprint density at radius 1 is 1.46 bits per heavy atom. The minimum absolute atomic E-state index is 0.132. The van der Waals surface area contributed by atoms with Crippen LogP contribution in [0.1, 0.15) is 26.7 Å². The Bertz CT molecular complexity index is 164. The summed E-state index contributed by atoms with van der Waals surface area (Å²) in [6.07, 6.45) is 4.88.